The Balaban J connectivity index is 1.51. The van der Waals surface area contributed by atoms with Crippen molar-refractivity contribution >= 4 is 39.8 Å². The number of nitrogens with one attached hydrogen (secondary N) is 1. The van der Waals surface area contributed by atoms with Crippen LogP contribution in [0.4, 0.5) is 0 Å². The summed E-state index contributed by atoms with van der Waals surface area (Å²) in [6, 6.07) is 26.0. The molecule has 0 fully saturated rings. The minimum Gasteiger partial charge on any atom is -0.272 e. The Bertz CT molecular complexity index is 1310. The number of para-hydroxylation sites is 1. The van der Waals surface area contributed by atoms with Gasteiger partial charge in [0.25, 0.3) is 5.91 Å². The van der Waals surface area contributed by atoms with Crippen molar-refractivity contribution in [3.8, 4) is 17.1 Å². The molecule has 0 unspecified atom stereocenters. The van der Waals surface area contributed by atoms with E-state index in [1.165, 1.54) is 17.3 Å². The van der Waals surface area contributed by atoms with Crippen LogP contribution in [0.1, 0.15) is 31.9 Å². The molecule has 0 bridgehead atoms. The SMILES string of the molecule is CC(C)(C)c1ccc(-c2nnc(SCC(=O)N/N=C/c3ccc(Br)cc3)n2-c2ccccc2)cc1. The monoisotopic (exact) mass is 547 g/mol. The summed E-state index contributed by atoms with van der Waals surface area (Å²) in [5, 5.41) is 13.6. The fourth-order valence-corrected chi connectivity index (χ4v) is 4.38. The van der Waals surface area contributed by atoms with E-state index in [0.717, 1.165) is 27.1 Å². The Kier molecular flexibility index (Phi) is 7.83. The van der Waals surface area contributed by atoms with Gasteiger partial charge in [0.1, 0.15) is 0 Å². The number of hydrazone groups is 1. The van der Waals surface area contributed by atoms with Crippen LogP contribution in [-0.2, 0) is 10.2 Å². The summed E-state index contributed by atoms with van der Waals surface area (Å²) < 4.78 is 2.97. The largest absolute Gasteiger partial charge is 0.272 e. The first-order valence-corrected chi connectivity index (χ1v) is 12.9. The Morgan fingerprint density at radius 1 is 1.00 bits per heavy atom. The summed E-state index contributed by atoms with van der Waals surface area (Å²) in [4.78, 5) is 12.4. The predicted molar refractivity (Wildman–Crippen MR) is 146 cm³/mol. The third kappa shape index (κ3) is 6.46. The molecule has 0 spiro atoms. The highest BCUT2D eigenvalue weighted by molar-refractivity contribution is 9.10. The van der Waals surface area contributed by atoms with Crippen molar-refractivity contribution in [1.82, 2.24) is 20.2 Å². The van der Waals surface area contributed by atoms with Gasteiger partial charge in [-0.25, -0.2) is 5.43 Å². The number of aromatic nitrogens is 3. The molecule has 35 heavy (non-hydrogen) atoms. The predicted octanol–water partition coefficient (Wildman–Crippen LogP) is 6.24. The minimum absolute atomic E-state index is 0.0693. The van der Waals surface area contributed by atoms with Crippen LogP contribution in [0.15, 0.2) is 93.6 Å². The highest BCUT2D eigenvalue weighted by atomic mass is 79.9. The van der Waals surface area contributed by atoms with E-state index in [2.05, 4.69) is 81.7 Å². The summed E-state index contributed by atoms with van der Waals surface area (Å²) in [7, 11) is 0. The lowest BCUT2D eigenvalue weighted by molar-refractivity contribution is -0.118. The smallest absolute Gasteiger partial charge is 0.250 e. The minimum atomic E-state index is -0.220. The van der Waals surface area contributed by atoms with Crippen LogP contribution in [0.25, 0.3) is 17.1 Å². The number of thioether (sulfide) groups is 1. The molecule has 1 heterocycles. The quantitative estimate of drug-likeness (QED) is 0.169. The molecule has 1 N–H and O–H groups in total. The highest BCUT2D eigenvalue weighted by Crippen LogP contribution is 2.30. The van der Waals surface area contributed by atoms with E-state index in [-0.39, 0.29) is 17.1 Å². The highest BCUT2D eigenvalue weighted by Gasteiger charge is 2.19. The molecule has 0 aliphatic rings. The topological polar surface area (TPSA) is 72.2 Å². The summed E-state index contributed by atoms with van der Waals surface area (Å²) in [6.45, 7) is 6.58. The van der Waals surface area contributed by atoms with Gasteiger partial charge in [0, 0.05) is 15.7 Å². The Morgan fingerprint density at radius 2 is 1.69 bits per heavy atom. The molecular formula is C27H26BrN5OS. The van der Waals surface area contributed by atoms with E-state index in [0.29, 0.717) is 5.16 Å². The van der Waals surface area contributed by atoms with Crippen molar-refractivity contribution < 1.29 is 4.79 Å². The average molecular weight is 549 g/mol. The fraction of sp³-hybridized carbons (Fsp3) is 0.185. The molecule has 8 heteroatoms. The number of hydrogen-bond acceptors (Lipinski definition) is 5. The molecule has 4 rings (SSSR count). The van der Waals surface area contributed by atoms with E-state index in [4.69, 9.17) is 0 Å². The first kappa shape index (κ1) is 24.9. The van der Waals surface area contributed by atoms with Gasteiger partial charge in [0.05, 0.1) is 12.0 Å². The maximum Gasteiger partial charge on any atom is 0.250 e. The van der Waals surface area contributed by atoms with Crippen molar-refractivity contribution in [3.05, 3.63) is 94.5 Å². The molecule has 0 radical (unpaired) electrons. The Hall–Kier alpha value is -3.23. The molecule has 0 aliphatic heterocycles. The number of halogens is 1. The summed E-state index contributed by atoms with van der Waals surface area (Å²) in [6.07, 6.45) is 1.61. The summed E-state index contributed by atoms with van der Waals surface area (Å²) in [5.74, 6) is 0.667. The first-order valence-electron chi connectivity index (χ1n) is 11.1. The number of carbonyl (C=O) groups is 1. The molecule has 0 saturated heterocycles. The van der Waals surface area contributed by atoms with Gasteiger partial charge in [-0.3, -0.25) is 9.36 Å². The number of benzene rings is 3. The van der Waals surface area contributed by atoms with Gasteiger partial charge in [0.15, 0.2) is 11.0 Å². The zero-order valence-electron chi connectivity index (χ0n) is 19.8. The molecule has 0 atom stereocenters. The number of carbonyl (C=O) groups excluding carboxylic acids is 1. The molecule has 0 saturated carbocycles. The summed E-state index contributed by atoms with van der Waals surface area (Å²) >= 11 is 4.72. The number of rotatable bonds is 7. The summed E-state index contributed by atoms with van der Waals surface area (Å²) in [5.41, 5.74) is 6.69. The maximum absolute atomic E-state index is 12.4. The molecule has 178 valence electrons. The first-order chi connectivity index (χ1) is 16.8. The Labute approximate surface area is 218 Å². The van der Waals surface area contributed by atoms with Crippen molar-refractivity contribution in [1.29, 1.82) is 0 Å². The molecular weight excluding hydrogens is 522 g/mol. The average Bonchev–Trinajstić information content (AvgIpc) is 3.28. The van der Waals surface area contributed by atoms with E-state index in [1.807, 2.05) is 59.2 Å². The second-order valence-electron chi connectivity index (χ2n) is 8.94. The van der Waals surface area contributed by atoms with E-state index in [1.54, 1.807) is 6.21 Å². The molecule has 6 nitrogen and oxygen atoms in total. The lowest BCUT2D eigenvalue weighted by atomic mass is 9.87. The van der Waals surface area contributed by atoms with Gasteiger partial charge in [-0.1, -0.05) is 103 Å². The van der Waals surface area contributed by atoms with Gasteiger partial charge >= 0.3 is 0 Å². The second-order valence-corrected chi connectivity index (χ2v) is 10.8. The standard InChI is InChI=1S/C27H26BrN5OS/c1-27(2,3)21-13-11-20(12-14-21)25-31-32-26(33(25)23-7-5-4-6-8-23)35-18-24(34)30-29-17-19-9-15-22(28)16-10-19/h4-17H,18H2,1-3H3,(H,30,34)/b29-17+. The number of nitrogens with zero attached hydrogens (tertiary/aromatic N) is 4. The van der Waals surface area contributed by atoms with Gasteiger partial charge in [0.2, 0.25) is 0 Å². The number of amides is 1. The maximum atomic E-state index is 12.4. The molecule has 4 aromatic rings. The van der Waals surface area contributed by atoms with Crippen LogP contribution in [0.3, 0.4) is 0 Å². The van der Waals surface area contributed by atoms with Crippen molar-refractivity contribution in [2.24, 2.45) is 5.10 Å². The zero-order valence-corrected chi connectivity index (χ0v) is 22.2. The normalized spacial score (nSPS) is 11.7. The van der Waals surface area contributed by atoms with Gasteiger partial charge < -0.3 is 0 Å². The third-order valence-electron chi connectivity index (χ3n) is 5.26. The van der Waals surface area contributed by atoms with Crippen LogP contribution in [-0.4, -0.2) is 32.6 Å². The van der Waals surface area contributed by atoms with Crippen molar-refractivity contribution in [2.45, 2.75) is 31.3 Å². The fourth-order valence-electron chi connectivity index (χ4n) is 3.37. The molecule has 3 aromatic carbocycles. The van der Waals surface area contributed by atoms with Crippen molar-refractivity contribution in [3.63, 3.8) is 0 Å². The lowest BCUT2D eigenvalue weighted by Crippen LogP contribution is -2.20. The van der Waals surface area contributed by atoms with Gasteiger partial charge in [-0.05, 0) is 40.8 Å². The Morgan fingerprint density at radius 3 is 2.34 bits per heavy atom. The zero-order chi connectivity index (χ0) is 24.8. The van der Waals surface area contributed by atoms with Crippen LogP contribution >= 0.6 is 27.7 Å². The van der Waals surface area contributed by atoms with Crippen LogP contribution in [0.5, 0.6) is 0 Å². The van der Waals surface area contributed by atoms with E-state index in [9.17, 15) is 4.79 Å². The molecule has 0 aliphatic carbocycles. The second kappa shape index (κ2) is 11.0. The van der Waals surface area contributed by atoms with E-state index >= 15 is 0 Å². The van der Waals surface area contributed by atoms with Gasteiger partial charge in [-0.15, -0.1) is 10.2 Å². The molecule has 1 amide bonds. The lowest BCUT2D eigenvalue weighted by Gasteiger charge is -2.19. The molecule has 1 aromatic heterocycles. The van der Waals surface area contributed by atoms with Crippen LogP contribution < -0.4 is 5.43 Å². The van der Waals surface area contributed by atoms with Gasteiger partial charge in [-0.2, -0.15) is 5.10 Å². The third-order valence-corrected chi connectivity index (χ3v) is 6.72. The van der Waals surface area contributed by atoms with E-state index < -0.39 is 0 Å². The van der Waals surface area contributed by atoms with Crippen molar-refractivity contribution in [2.75, 3.05) is 5.75 Å². The number of hydrogen-bond donors (Lipinski definition) is 1. The van der Waals surface area contributed by atoms with Crippen LogP contribution in [0, 0.1) is 0 Å². The van der Waals surface area contributed by atoms with Crippen LogP contribution in [0.2, 0.25) is 0 Å².